The second kappa shape index (κ2) is 11.1. The molecular weight excluding hydrogens is 515 g/mol. The lowest BCUT2D eigenvalue weighted by Crippen LogP contribution is -2.53. The molecule has 1 saturated heterocycles. The van der Waals surface area contributed by atoms with Gasteiger partial charge < -0.3 is 14.7 Å². The molecule has 0 atom stereocenters. The van der Waals surface area contributed by atoms with Crippen LogP contribution in [0, 0.1) is 0 Å². The molecule has 0 unspecified atom stereocenters. The molecule has 3 heterocycles. The highest BCUT2D eigenvalue weighted by Gasteiger charge is 2.20. The summed E-state index contributed by atoms with van der Waals surface area (Å²) in [7, 11) is -1.69. The van der Waals surface area contributed by atoms with Gasteiger partial charge in [0, 0.05) is 58.9 Å². The number of aliphatic imine (C=N–C) groups is 1. The predicted octanol–water partition coefficient (Wildman–Crippen LogP) is 1.03. The number of aromatic nitrogens is 1. The van der Waals surface area contributed by atoms with E-state index >= 15 is 0 Å². The van der Waals surface area contributed by atoms with Crippen molar-refractivity contribution in [3.8, 4) is 0 Å². The maximum Gasteiger partial charge on any atom is 0.250 e. The summed E-state index contributed by atoms with van der Waals surface area (Å²) >= 11 is 1.20. The van der Waals surface area contributed by atoms with E-state index < -0.39 is 10.0 Å². The molecule has 2 aromatic heterocycles. The molecule has 12 heteroatoms. The maximum absolute atomic E-state index is 12.1. The molecule has 156 valence electrons. The number of thiophene rings is 1. The van der Waals surface area contributed by atoms with Gasteiger partial charge >= 0.3 is 0 Å². The number of hydrogen-bond acceptors (Lipinski definition) is 7. The fourth-order valence-corrected chi connectivity index (χ4v) is 4.91. The monoisotopic (exact) mass is 540 g/mol. The highest BCUT2D eigenvalue weighted by Crippen LogP contribution is 2.14. The lowest BCUT2D eigenvalue weighted by Gasteiger charge is -2.36. The number of piperazine rings is 1. The van der Waals surface area contributed by atoms with Crippen molar-refractivity contribution in [3.63, 3.8) is 0 Å². The molecule has 9 nitrogen and oxygen atoms in total. The Bertz CT molecular complexity index is 819. The number of guanidine groups is 1. The first-order valence-corrected chi connectivity index (χ1v) is 11.0. The average Bonchev–Trinajstić information content (AvgIpc) is 3.37. The number of halogens is 1. The van der Waals surface area contributed by atoms with E-state index in [1.807, 2.05) is 6.07 Å². The van der Waals surface area contributed by atoms with Gasteiger partial charge in [-0.15, -0.1) is 35.3 Å². The minimum absolute atomic E-state index is 0. The Morgan fingerprint density at radius 1 is 1.29 bits per heavy atom. The van der Waals surface area contributed by atoms with Gasteiger partial charge in [-0.05, 0) is 11.4 Å². The van der Waals surface area contributed by atoms with Gasteiger partial charge in [-0.3, -0.25) is 9.89 Å². The summed E-state index contributed by atoms with van der Waals surface area (Å²) < 4.78 is 32.0. The van der Waals surface area contributed by atoms with Crippen molar-refractivity contribution in [2.24, 2.45) is 4.99 Å². The first kappa shape index (κ1) is 23.1. The molecule has 28 heavy (non-hydrogen) atoms. The molecule has 0 spiro atoms. The Morgan fingerprint density at radius 2 is 2.07 bits per heavy atom. The van der Waals surface area contributed by atoms with Gasteiger partial charge in [0.05, 0.1) is 5.69 Å². The topological polar surface area (TPSA) is 103 Å². The van der Waals surface area contributed by atoms with Crippen molar-refractivity contribution in [3.05, 3.63) is 35.5 Å². The summed E-state index contributed by atoms with van der Waals surface area (Å²) in [6.45, 7) is 5.04. The van der Waals surface area contributed by atoms with Crippen LogP contribution in [0.3, 0.4) is 0 Å². The fourth-order valence-electron chi connectivity index (χ4n) is 2.85. The van der Waals surface area contributed by atoms with Crippen LogP contribution in [-0.2, 0) is 16.6 Å². The number of rotatable bonds is 7. The van der Waals surface area contributed by atoms with Crippen LogP contribution in [0.1, 0.15) is 5.69 Å². The van der Waals surface area contributed by atoms with E-state index in [4.69, 9.17) is 4.52 Å². The molecule has 0 saturated carbocycles. The van der Waals surface area contributed by atoms with Crippen molar-refractivity contribution >= 4 is 51.3 Å². The van der Waals surface area contributed by atoms with Gasteiger partial charge in [-0.25, -0.2) is 13.1 Å². The fraction of sp³-hybridized carbons (Fsp3) is 0.500. The summed E-state index contributed by atoms with van der Waals surface area (Å²) in [6, 6.07) is 5.20. The summed E-state index contributed by atoms with van der Waals surface area (Å²) in [6.07, 6.45) is 1.59. The van der Waals surface area contributed by atoms with Crippen LogP contribution < -0.4 is 10.0 Å². The molecule has 1 aliphatic rings. The molecule has 0 aliphatic carbocycles. The van der Waals surface area contributed by atoms with Crippen LogP contribution in [-0.4, -0.2) is 75.7 Å². The standard InChI is InChI=1S/C16H24N6O3S2.HI/c1-17-16(18-5-6-19-27(23,24)15-3-2-12-26-15)22-9-7-21(8-10-22)13-14-4-11-25-20-14;/h2-4,11-12,19H,5-10,13H2,1H3,(H,17,18);1H. The summed E-state index contributed by atoms with van der Waals surface area (Å²) in [5.41, 5.74) is 0.934. The van der Waals surface area contributed by atoms with E-state index in [9.17, 15) is 8.42 Å². The van der Waals surface area contributed by atoms with E-state index in [0.29, 0.717) is 17.3 Å². The zero-order valence-electron chi connectivity index (χ0n) is 15.6. The van der Waals surface area contributed by atoms with Crippen LogP contribution in [0.2, 0.25) is 0 Å². The second-order valence-electron chi connectivity index (χ2n) is 6.06. The van der Waals surface area contributed by atoms with Crippen molar-refractivity contribution in [1.29, 1.82) is 0 Å². The highest BCUT2D eigenvalue weighted by atomic mass is 127. The number of hydrogen-bond donors (Lipinski definition) is 2. The van der Waals surface area contributed by atoms with Gasteiger partial charge in [-0.2, -0.15) is 0 Å². The van der Waals surface area contributed by atoms with E-state index in [0.717, 1.165) is 44.4 Å². The van der Waals surface area contributed by atoms with Crippen LogP contribution in [0.5, 0.6) is 0 Å². The smallest absolute Gasteiger partial charge is 0.250 e. The molecule has 0 bridgehead atoms. The van der Waals surface area contributed by atoms with Crippen molar-refractivity contribution in [1.82, 2.24) is 25.0 Å². The van der Waals surface area contributed by atoms with Gasteiger partial charge in [0.15, 0.2) is 5.96 Å². The molecule has 1 aliphatic heterocycles. The third-order valence-electron chi connectivity index (χ3n) is 4.22. The molecule has 0 radical (unpaired) electrons. The van der Waals surface area contributed by atoms with E-state index in [1.165, 1.54) is 11.3 Å². The summed E-state index contributed by atoms with van der Waals surface area (Å²) in [4.78, 5) is 8.80. The molecule has 0 amide bonds. The third kappa shape index (κ3) is 6.40. The molecular formula is C16H25IN6O3S2. The molecule has 3 rings (SSSR count). The molecule has 1 fully saturated rings. The SMILES string of the molecule is CN=C(NCCNS(=O)(=O)c1cccs1)N1CCN(Cc2ccon2)CC1.I. The summed E-state index contributed by atoms with van der Waals surface area (Å²) in [5.74, 6) is 0.784. The largest absolute Gasteiger partial charge is 0.364 e. The van der Waals surface area contributed by atoms with Gasteiger partial charge in [-0.1, -0.05) is 11.2 Å². The second-order valence-corrected chi connectivity index (χ2v) is 9.00. The Balaban J connectivity index is 0.00000280. The van der Waals surface area contributed by atoms with Crippen LogP contribution in [0.15, 0.2) is 43.6 Å². The van der Waals surface area contributed by atoms with Gasteiger partial charge in [0.25, 0.3) is 0 Å². The highest BCUT2D eigenvalue weighted by molar-refractivity contribution is 14.0. The Labute approximate surface area is 186 Å². The average molecular weight is 540 g/mol. The summed E-state index contributed by atoms with van der Waals surface area (Å²) in [5, 5.41) is 8.92. The lowest BCUT2D eigenvalue weighted by atomic mass is 10.3. The lowest BCUT2D eigenvalue weighted by molar-refractivity contribution is 0.169. The van der Waals surface area contributed by atoms with Crippen molar-refractivity contribution in [2.75, 3.05) is 46.3 Å². The molecule has 0 aromatic carbocycles. The van der Waals surface area contributed by atoms with Gasteiger partial charge in [0.1, 0.15) is 10.5 Å². The Morgan fingerprint density at radius 3 is 2.68 bits per heavy atom. The van der Waals surface area contributed by atoms with E-state index in [-0.39, 0.29) is 24.0 Å². The zero-order valence-corrected chi connectivity index (χ0v) is 19.5. The van der Waals surface area contributed by atoms with Crippen LogP contribution in [0.4, 0.5) is 0 Å². The van der Waals surface area contributed by atoms with Crippen molar-refractivity contribution in [2.45, 2.75) is 10.8 Å². The Kier molecular flexibility index (Phi) is 9.14. The van der Waals surface area contributed by atoms with E-state index in [1.54, 1.807) is 30.8 Å². The number of nitrogens with one attached hydrogen (secondary N) is 2. The minimum Gasteiger partial charge on any atom is -0.364 e. The first-order valence-electron chi connectivity index (χ1n) is 8.69. The zero-order chi connectivity index (χ0) is 19.1. The number of nitrogens with zero attached hydrogens (tertiary/aromatic N) is 4. The van der Waals surface area contributed by atoms with Crippen LogP contribution in [0.25, 0.3) is 0 Å². The van der Waals surface area contributed by atoms with Gasteiger partial charge in [0.2, 0.25) is 10.0 Å². The van der Waals surface area contributed by atoms with E-state index in [2.05, 4.69) is 30.0 Å². The van der Waals surface area contributed by atoms with Crippen LogP contribution >= 0.6 is 35.3 Å². The predicted molar refractivity (Wildman–Crippen MR) is 120 cm³/mol. The molecule has 2 aromatic rings. The molecule has 2 N–H and O–H groups in total. The normalized spacial score (nSPS) is 16.0. The quantitative estimate of drug-likeness (QED) is 0.234. The minimum atomic E-state index is -3.42. The van der Waals surface area contributed by atoms with Crippen molar-refractivity contribution < 1.29 is 12.9 Å². The Hall–Kier alpha value is -1.22. The number of sulfonamides is 1. The maximum atomic E-state index is 12.1. The third-order valence-corrected chi connectivity index (χ3v) is 7.08. The first-order chi connectivity index (χ1) is 13.1.